The van der Waals surface area contributed by atoms with Crippen LogP contribution in [0.3, 0.4) is 0 Å². The highest BCUT2D eigenvalue weighted by Gasteiger charge is 2.22. The number of anilines is 2. The third-order valence-corrected chi connectivity index (χ3v) is 4.47. The number of aromatic nitrogens is 4. The van der Waals surface area contributed by atoms with E-state index < -0.39 is 10.8 Å². The zero-order valence-electron chi connectivity index (χ0n) is 16.7. The van der Waals surface area contributed by atoms with Crippen LogP contribution in [0, 0.1) is 24.0 Å². The lowest BCUT2D eigenvalue weighted by molar-refractivity contribution is -0.386. The van der Waals surface area contributed by atoms with E-state index in [1.807, 2.05) is 6.92 Å². The molecule has 0 spiro atoms. The summed E-state index contributed by atoms with van der Waals surface area (Å²) < 4.78 is 2.87. The van der Waals surface area contributed by atoms with Gasteiger partial charge in [0.1, 0.15) is 23.6 Å². The molecule has 3 rings (SSSR count). The van der Waals surface area contributed by atoms with Gasteiger partial charge >= 0.3 is 5.69 Å². The van der Waals surface area contributed by atoms with E-state index in [2.05, 4.69) is 20.8 Å². The summed E-state index contributed by atoms with van der Waals surface area (Å²) in [6.45, 7) is 5.35. The normalized spacial score (nSPS) is 10.6. The molecule has 0 unspecified atom stereocenters. The molecule has 0 radical (unpaired) electrons. The second-order valence-corrected chi connectivity index (χ2v) is 6.55. The van der Waals surface area contributed by atoms with Gasteiger partial charge in [0.15, 0.2) is 0 Å². The first-order chi connectivity index (χ1) is 14.3. The first kappa shape index (κ1) is 20.7. The number of nitrogens with zero attached hydrogens (tertiary/aromatic N) is 5. The van der Waals surface area contributed by atoms with E-state index in [1.165, 1.54) is 11.6 Å². The van der Waals surface area contributed by atoms with Crippen LogP contribution in [-0.2, 0) is 17.9 Å². The predicted molar refractivity (Wildman–Crippen MR) is 109 cm³/mol. The van der Waals surface area contributed by atoms with Crippen molar-refractivity contribution in [1.82, 2.24) is 19.6 Å². The molecule has 3 aromatic rings. The largest absolute Gasteiger partial charge is 0.324 e. The number of hydrogen-bond acceptors (Lipinski definition) is 6. The molecule has 11 heteroatoms. The van der Waals surface area contributed by atoms with Crippen LogP contribution in [0.1, 0.15) is 28.8 Å². The van der Waals surface area contributed by atoms with Crippen LogP contribution in [-0.4, -0.2) is 36.3 Å². The van der Waals surface area contributed by atoms with Crippen molar-refractivity contribution in [3.8, 4) is 0 Å². The van der Waals surface area contributed by atoms with Crippen LogP contribution in [0.15, 0.2) is 36.5 Å². The Morgan fingerprint density at radius 3 is 2.47 bits per heavy atom. The third-order valence-electron chi connectivity index (χ3n) is 4.47. The molecule has 0 aliphatic carbocycles. The van der Waals surface area contributed by atoms with Crippen LogP contribution in [0.5, 0.6) is 0 Å². The summed E-state index contributed by atoms with van der Waals surface area (Å²) >= 11 is 0. The van der Waals surface area contributed by atoms with E-state index in [4.69, 9.17) is 0 Å². The molecule has 156 valence electrons. The Hall–Kier alpha value is -4.02. The maximum Gasteiger partial charge on any atom is 0.312 e. The number of carbonyl (C=O) groups excluding carboxylic acids is 2. The maximum atomic E-state index is 12.4. The van der Waals surface area contributed by atoms with Gasteiger partial charge in [0.05, 0.1) is 4.92 Å². The van der Waals surface area contributed by atoms with Crippen LogP contribution in [0.25, 0.3) is 0 Å². The molecule has 0 aliphatic heterocycles. The SMILES string of the molecule is CCn1nccc1C(=O)Nc1cccc(NC(=O)Cn2nc(C)c([N+](=O)[O-])c2C)c1. The quantitative estimate of drug-likeness (QED) is 0.453. The first-order valence-electron chi connectivity index (χ1n) is 9.21. The average molecular weight is 411 g/mol. The topological polar surface area (TPSA) is 137 Å². The Balaban J connectivity index is 1.68. The van der Waals surface area contributed by atoms with Gasteiger partial charge in [-0.05, 0) is 45.0 Å². The molecule has 2 amide bonds. The number of aryl methyl sites for hydroxylation is 2. The monoisotopic (exact) mass is 411 g/mol. The van der Waals surface area contributed by atoms with Crippen LogP contribution in [0.4, 0.5) is 17.1 Å². The van der Waals surface area contributed by atoms with Gasteiger partial charge in [-0.15, -0.1) is 0 Å². The van der Waals surface area contributed by atoms with Gasteiger partial charge in [0.2, 0.25) is 5.91 Å². The standard InChI is InChI=1S/C19H21N7O4/c1-4-24-16(8-9-20-24)19(28)22-15-7-5-6-14(10-15)21-17(27)11-25-13(3)18(26(29)30)12(2)23-25/h5-10H,4,11H2,1-3H3,(H,21,27)(H,22,28). The van der Waals surface area contributed by atoms with Crippen LogP contribution < -0.4 is 10.6 Å². The Morgan fingerprint density at radius 1 is 1.13 bits per heavy atom. The van der Waals surface area contributed by atoms with Crippen molar-refractivity contribution in [2.24, 2.45) is 0 Å². The Labute approximate surface area is 171 Å². The Morgan fingerprint density at radius 2 is 1.83 bits per heavy atom. The highest BCUT2D eigenvalue weighted by molar-refractivity contribution is 6.03. The third kappa shape index (κ3) is 4.35. The van der Waals surface area contributed by atoms with Gasteiger partial charge in [0.25, 0.3) is 5.91 Å². The minimum Gasteiger partial charge on any atom is -0.324 e. The fourth-order valence-electron chi connectivity index (χ4n) is 3.09. The fourth-order valence-corrected chi connectivity index (χ4v) is 3.09. The van der Waals surface area contributed by atoms with Crippen molar-refractivity contribution in [2.75, 3.05) is 10.6 Å². The Kier molecular flexibility index (Phi) is 5.90. The molecular weight excluding hydrogens is 390 g/mol. The van der Waals surface area contributed by atoms with Gasteiger partial charge in [-0.2, -0.15) is 10.2 Å². The number of nitrogens with one attached hydrogen (secondary N) is 2. The molecule has 0 fully saturated rings. The predicted octanol–water partition coefficient (Wildman–Crippen LogP) is 2.52. The lowest BCUT2D eigenvalue weighted by Crippen LogP contribution is -2.21. The number of rotatable bonds is 7. The lowest BCUT2D eigenvalue weighted by atomic mass is 10.2. The number of nitro groups is 1. The van der Waals surface area contributed by atoms with E-state index in [0.29, 0.717) is 29.3 Å². The van der Waals surface area contributed by atoms with E-state index in [9.17, 15) is 19.7 Å². The first-order valence-corrected chi connectivity index (χ1v) is 9.21. The molecule has 0 saturated heterocycles. The second kappa shape index (κ2) is 8.55. The summed E-state index contributed by atoms with van der Waals surface area (Å²) in [5.41, 5.74) is 1.86. The van der Waals surface area contributed by atoms with Crippen molar-refractivity contribution < 1.29 is 14.5 Å². The molecule has 0 atom stereocenters. The molecule has 1 aromatic carbocycles. The highest BCUT2D eigenvalue weighted by atomic mass is 16.6. The van der Waals surface area contributed by atoms with Gasteiger partial charge < -0.3 is 10.6 Å². The molecule has 0 aliphatic rings. The smallest absolute Gasteiger partial charge is 0.312 e. The van der Waals surface area contributed by atoms with Crippen LogP contribution in [0.2, 0.25) is 0 Å². The lowest BCUT2D eigenvalue weighted by Gasteiger charge is -2.10. The summed E-state index contributed by atoms with van der Waals surface area (Å²) in [5, 5.41) is 24.7. The molecule has 2 heterocycles. The molecular formula is C19H21N7O4. The minimum absolute atomic E-state index is 0.0983. The number of benzene rings is 1. The van der Waals surface area contributed by atoms with Gasteiger partial charge in [-0.1, -0.05) is 6.07 Å². The molecule has 11 nitrogen and oxygen atoms in total. The zero-order valence-corrected chi connectivity index (χ0v) is 16.7. The molecule has 0 bridgehead atoms. The fraction of sp³-hybridized carbons (Fsp3) is 0.263. The molecule has 30 heavy (non-hydrogen) atoms. The van der Waals surface area contributed by atoms with Crippen LogP contribution >= 0.6 is 0 Å². The zero-order chi connectivity index (χ0) is 21.8. The van der Waals surface area contributed by atoms with Gasteiger partial charge in [-0.3, -0.25) is 29.1 Å². The molecule has 2 N–H and O–H groups in total. The van der Waals surface area contributed by atoms with E-state index in [1.54, 1.807) is 48.1 Å². The minimum atomic E-state index is -0.511. The highest BCUT2D eigenvalue weighted by Crippen LogP contribution is 2.22. The average Bonchev–Trinajstić information content (AvgIpc) is 3.26. The van der Waals surface area contributed by atoms with Crippen molar-refractivity contribution in [3.63, 3.8) is 0 Å². The maximum absolute atomic E-state index is 12.4. The van der Waals surface area contributed by atoms with Gasteiger partial charge in [-0.25, -0.2) is 0 Å². The summed E-state index contributed by atoms with van der Waals surface area (Å²) in [6.07, 6.45) is 1.55. The van der Waals surface area contributed by atoms with E-state index in [0.717, 1.165) is 0 Å². The van der Waals surface area contributed by atoms with Crippen molar-refractivity contribution in [3.05, 3.63) is 63.7 Å². The van der Waals surface area contributed by atoms with Crippen molar-refractivity contribution in [1.29, 1.82) is 0 Å². The summed E-state index contributed by atoms with van der Waals surface area (Å²) in [7, 11) is 0. The Bertz CT molecular complexity index is 1120. The summed E-state index contributed by atoms with van der Waals surface area (Å²) in [6, 6.07) is 8.30. The molecule has 0 saturated carbocycles. The summed E-state index contributed by atoms with van der Waals surface area (Å²) in [4.78, 5) is 35.4. The number of amides is 2. The number of hydrogen-bond donors (Lipinski definition) is 2. The van der Waals surface area contributed by atoms with E-state index >= 15 is 0 Å². The summed E-state index contributed by atoms with van der Waals surface area (Å²) in [5.74, 6) is -0.712. The van der Waals surface area contributed by atoms with Crippen molar-refractivity contribution in [2.45, 2.75) is 33.9 Å². The van der Waals surface area contributed by atoms with Crippen molar-refractivity contribution >= 4 is 28.9 Å². The van der Waals surface area contributed by atoms with E-state index in [-0.39, 0.29) is 23.8 Å². The molecule has 2 aromatic heterocycles. The van der Waals surface area contributed by atoms with Gasteiger partial charge in [0, 0.05) is 24.1 Å². The number of carbonyl (C=O) groups is 2. The second-order valence-electron chi connectivity index (χ2n) is 6.55.